The lowest BCUT2D eigenvalue weighted by molar-refractivity contribution is -0.145. The van der Waals surface area contributed by atoms with Gasteiger partial charge in [0.05, 0.1) is 11.4 Å². The molecule has 3 rings (SSSR count). The molecule has 1 unspecified atom stereocenters. The Morgan fingerprint density at radius 2 is 1.93 bits per heavy atom. The quantitative estimate of drug-likeness (QED) is 0.523. The number of nitrogens with zero attached hydrogens (tertiary/aromatic N) is 1. The van der Waals surface area contributed by atoms with E-state index in [1.54, 1.807) is 30.8 Å². The molecular formula is C22H24N2O4S. The molecule has 7 heteroatoms. The minimum Gasteiger partial charge on any atom is -0.479 e. The van der Waals surface area contributed by atoms with Crippen LogP contribution in [0.1, 0.15) is 24.5 Å². The molecule has 0 saturated heterocycles. The largest absolute Gasteiger partial charge is 0.479 e. The lowest BCUT2D eigenvalue weighted by atomic mass is 10.1. The van der Waals surface area contributed by atoms with Crippen molar-refractivity contribution in [2.75, 3.05) is 6.26 Å². The van der Waals surface area contributed by atoms with Crippen molar-refractivity contribution in [3.63, 3.8) is 0 Å². The lowest BCUT2D eigenvalue weighted by Crippen LogP contribution is -2.25. The molecule has 1 heterocycles. The summed E-state index contributed by atoms with van der Waals surface area (Å²) in [6.07, 6.45) is 1.51. The van der Waals surface area contributed by atoms with Crippen LogP contribution in [0, 0.1) is 0 Å². The molecule has 0 aliphatic heterocycles. The van der Waals surface area contributed by atoms with Gasteiger partial charge in [0, 0.05) is 23.0 Å². The fourth-order valence-corrected chi connectivity index (χ4v) is 4.24. The molecule has 0 saturated carbocycles. The van der Waals surface area contributed by atoms with Gasteiger partial charge in [-0.2, -0.15) is 0 Å². The van der Waals surface area contributed by atoms with Crippen LogP contribution >= 0.6 is 11.8 Å². The van der Waals surface area contributed by atoms with Crippen LogP contribution < -0.4 is 10.5 Å². The molecule has 0 radical (unpaired) electrons. The smallest absolute Gasteiger partial charge is 0.344 e. The van der Waals surface area contributed by atoms with E-state index in [-0.39, 0.29) is 6.42 Å². The second-order valence-electron chi connectivity index (χ2n) is 6.73. The van der Waals surface area contributed by atoms with Gasteiger partial charge in [-0.25, -0.2) is 4.79 Å². The summed E-state index contributed by atoms with van der Waals surface area (Å²) in [5.41, 5.74) is 8.44. The van der Waals surface area contributed by atoms with Crippen molar-refractivity contribution in [2.24, 2.45) is 5.73 Å². The van der Waals surface area contributed by atoms with Gasteiger partial charge in [0.1, 0.15) is 5.75 Å². The zero-order valence-corrected chi connectivity index (χ0v) is 17.2. The molecule has 0 aliphatic rings. The highest BCUT2D eigenvalue weighted by Crippen LogP contribution is 2.35. The zero-order valence-electron chi connectivity index (χ0n) is 16.4. The number of aliphatic carboxylic acids is 1. The molecule has 6 nitrogen and oxygen atoms in total. The van der Waals surface area contributed by atoms with E-state index in [0.29, 0.717) is 18.7 Å². The number of ether oxygens (including phenoxy) is 1. The average Bonchev–Trinajstić information content (AvgIpc) is 2.98. The van der Waals surface area contributed by atoms with Gasteiger partial charge in [0.25, 0.3) is 0 Å². The van der Waals surface area contributed by atoms with Crippen molar-refractivity contribution in [3.8, 4) is 5.75 Å². The van der Waals surface area contributed by atoms with Gasteiger partial charge < -0.3 is 20.1 Å². The predicted molar refractivity (Wildman–Crippen MR) is 115 cm³/mol. The number of hydrogen-bond donors (Lipinski definition) is 2. The van der Waals surface area contributed by atoms with Crippen LogP contribution in [0.2, 0.25) is 0 Å². The van der Waals surface area contributed by atoms with Crippen molar-refractivity contribution in [3.05, 3.63) is 59.7 Å². The van der Waals surface area contributed by atoms with Gasteiger partial charge in [0.15, 0.2) is 6.10 Å². The molecule has 0 spiro atoms. The Kier molecular flexibility index (Phi) is 6.49. The number of carboxylic acid groups (broad SMARTS) is 1. The predicted octanol–water partition coefficient (Wildman–Crippen LogP) is 3.68. The van der Waals surface area contributed by atoms with Crippen molar-refractivity contribution >= 4 is 34.5 Å². The maximum Gasteiger partial charge on any atom is 0.344 e. The normalized spacial score (nSPS) is 12.1. The molecule has 152 valence electrons. The minimum atomic E-state index is -1.00. The number of carbonyl (C=O) groups excluding carboxylic acids is 1. The number of benzene rings is 2. The monoisotopic (exact) mass is 412 g/mol. The molecule has 29 heavy (non-hydrogen) atoms. The Bertz CT molecular complexity index is 1030. The van der Waals surface area contributed by atoms with E-state index in [0.717, 1.165) is 27.1 Å². The highest BCUT2D eigenvalue weighted by molar-refractivity contribution is 7.98. The zero-order chi connectivity index (χ0) is 21.0. The SMILES string of the molecule is CCC(Oc1ccc2c(c1)c(CC(N)=O)c(SC)n2Cc1ccccc1)C(=O)O. The fraction of sp³-hybridized carbons (Fsp3) is 0.273. The van der Waals surface area contributed by atoms with Gasteiger partial charge in [-0.15, -0.1) is 11.8 Å². The third-order valence-corrected chi connectivity index (χ3v) is 5.59. The topological polar surface area (TPSA) is 94.5 Å². The third-order valence-electron chi connectivity index (χ3n) is 4.74. The molecule has 0 fully saturated rings. The number of aromatic nitrogens is 1. The van der Waals surface area contributed by atoms with Gasteiger partial charge in [0.2, 0.25) is 5.91 Å². The molecule has 3 aromatic rings. The number of carboxylic acids is 1. The van der Waals surface area contributed by atoms with Gasteiger partial charge in [-0.1, -0.05) is 37.3 Å². The number of thioether (sulfide) groups is 1. The van der Waals surface area contributed by atoms with Crippen LogP contribution in [0.15, 0.2) is 53.6 Å². The van der Waals surface area contributed by atoms with E-state index >= 15 is 0 Å². The first-order valence-electron chi connectivity index (χ1n) is 9.35. The summed E-state index contributed by atoms with van der Waals surface area (Å²) >= 11 is 1.56. The first-order chi connectivity index (χ1) is 13.9. The number of fused-ring (bicyclic) bond motifs is 1. The van der Waals surface area contributed by atoms with Crippen molar-refractivity contribution in [2.45, 2.75) is 37.4 Å². The van der Waals surface area contributed by atoms with Crippen LogP contribution in [0.3, 0.4) is 0 Å². The minimum absolute atomic E-state index is 0.105. The second-order valence-corrected chi connectivity index (χ2v) is 7.53. The standard InChI is InChI=1S/C22H24N2O4S/c1-3-19(22(26)27)28-15-9-10-18-16(11-15)17(12-20(23)25)21(29-2)24(18)13-14-7-5-4-6-8-14/h4-11,19H,3,12-13H2,1-2H3,(H2,23,25)(H,26,27). The van der Waals surface area contributed by atoms with Gasteiger partial charge in [-0.05, 0) is 36.4 Å². The first kappa shape index (κ1) is 20.8. The summed E-state index contributed by atoms with van der Waals surface area (Å²) in [5.74, 6) is -0.958. The number of primary amides is 1. The summed E-state index contributed by atoms with van der Waals surface area (Å²) < 4.78 is 7.82. The number of carbonyl (C=O) groups is 2. The Morgan fingerprint density at radius 1 is 1.21 bits per heavy atom. The maximum absolute atomic E-state index is 11.7. The Hall–Kier alpha value is -2.93. The summed E-state index contributed by atoms with van der Waals surface area (Å²) in [5, 5.41) is 11.1. The Morgan fingerprint density at radius 3 is 2.52 bits per heavy atom. The summed E-state index contributed by atoms with van der Waals surface area (Å²) in [6, 6.07) is 15.6. The third kappa shape index (κ3) is 4.56. The molecule has 1 amide bonds. The molecular weight excluding hydrogens is 388 g/mol. The van der Waals surface area contributed by atoms with Crippen molar-refractivity contribution in [1.29, 1.82) is 0 Å². The summed E-state index contributed by atoms with van der Waals surface area (Å²) in [7, 11) is 0. The molecule has 0 bridgehead atoms. The summed E-state index contributed by atoms with van der Waals surface area (Å²) in [4.78, 5) is 23.1. The Labute approximate surface area is 173 Å². The van der Waals surface area contributed by atoms with Crippen molar-refractivity contribution < 1.29 is 19.4 Å². The number of hydrogen-bond acceptors (Lipinski definition) is 4. The number of nitrogens with two attached hydrogens (primary N) is 1. The highest BCUT2D eigenvalue weighted by atomic mass is 32.2. The maximum atomic E-state index is 11.7. The fourth-order valence-electron chi connectivity index (χ4n) is 3.43. The first-order valence-corrected chi connectivity index (χ1v) is 10.6. The Balaban J connectivity index is 2.12. The van der Waals surface area contributed by atoms with E-state index in [1.165, 1.54) is 0 Å². The van der Waals surface area contributed by atoms with Crippen LogP contribution in [0.4, 0.5) is 0 Å². The molecule has 0 aliphatic carbocycles. The van der Waals surface area contributed by atoms with E-state index < -0.39 is 18.0 Å². The second kappa shape index (κ2) is 9.05. The lowest BCUT2D eigenvalue weighted by Gasteiger charge is -2.13. The van der Waals surface area contributed by atoms with Gasteiger partial charge in [-0.3, -0.25) is 4.79 Å². The molecule has 1 atom stereocenters. The summed E-state index contributed by atoms with van der Waals surface area (Å²) in [6.45, 7) is 2.41. The number of rotatable bonds is 9. The molecule has 2 aromatic carbocycles. The number of amides is 1. The van der Waals surface area contributed by atoms with E-state index in [4.69, 9.17) is 10.5 Å². The van der Waals surface area contributed by atoms with Crippen LogP contribution in [-0.4, -0.2) is 33.9 Å². The van der Waals surface area contributed by atoms with Crippen LogP contribution in [0.5, 0.6) is 5.75 Å². The highest BCUT2D eigenvalue weighted by Gasteiger charge is 2.21. The van der Waals surface area contributed by atoms with E-state index in [9.17, 15) is 14.7 Å². The van der Waals surface area contributed by atoms with Crippen LogP contribution in [0.25, 0.3) is 10.9 Å². The van der Waals surface area contributed by atoms with Gasteiger partial charge >= 0.3 is 5.97 Å². The van der Waals surface area contributed by atoms with E-state index in [2.05, 4.69) is 16.7 Å². The van der Waals surface area contributed by atoms with Crippen LogP contribution in [-0.2, 0) is 22.6 Å². The molecule has 3 N–H and O–H groups in total. The average molecular weight is 413 g/mol. The van der Waals surface area contributed by atoms with E-state index in [1.807, 2.05) is 30.5 Å². The molecule has 1 aromatic heterocycles. The van der Waals surface area contributed by atoms with Crippen molar-refractivity contribution in [1.82, 2.24) is 4.57 Å².